The molecule has 5 nitrogen and oxygen atoms in total. The van der Waals surface area contributed by atoms with Crippen LogP contribution in [0.15, 0.2) is 62.3 Å². The van der Waals surface area contributed by atoms with Crippen LogP contribution in [-0.2, 0) is 11.5 Å². The minimum Gasteiger partial charge on any atom is -0.423 e. The molecule has 0 radical (unpaired) electrons. The van der Waals surface area contributed by atoms with Gasteiger partial charge in [-0.1, -0.05) is 35.5 Å². The summed E-state index contributed by atoms with van der Waals surface area (Å²) in [5, 5.41) is 5.01. The van der Waals surface area contributed by atoms with Gasteiger partial charge in [-0.3, -0.25) is 0 Å². The number of thioether (sulfide) groups is 1. The van der Waals surface area contributed by atoms with Gasteiger partial charge in [-0.15, -0.1) is 11.8 Å². The highest BCUT2D eigenvalue weighted by atomic mass is 32.2. The van der Waals surface area contributed by atoms with Gasteiger partial charge in [0.15, 0.2) is 0 Å². The van der Waals surface area contributed by atoms with Crippen molar-refractivity contribution in [2.75, 3.05) is 0 Å². The van der Waals surface area contributed by atoms with E-state index in [-0.39, 0.29) is 5.63 Å². The fraction of sp³-hybridized carbons (Fsp3) is 0.190. The molecule has 0 N–H and O–H groups in total. The lowest BCUT2D eigenvalue weighted by atomic mass is 10.0. The summed E-state index contributed by atoms with van der Waals surface area (Å²) < 4.78 is 10.7. The van der Waals surface area contributed by atoms with Crippen LogP contribution >= 0.6 is 11.8 Å². The van der Waals surface area contributed by atoms with Crippen molar-refractivity contribution in [2.45, 2.75) is 25.4 Å². The van der Waals surface area contributed by atoms with E-state index in [1.54, 1.807) is 17.8 Å². The fourth-order valence-corrected chi connectivity index (χ4v) is 3.72. The van der Waals surface area contributed by atoms with Gasteiger partial charge in [0.2, 0.25) is 11.7 Å². The molecule has 136 valence electrons. The molecule has 0 saturated heterocycles. The Balaban J connectivity index is 1.50. The molecule has 2 aromatic heterocycles. The molecule has 0 saturated carbocycles. The lowest BCUT2D eigenvalue weighted by molar-refractivity contribution is 0.391. The predicted molar refractivity (Wildman–Crippen MR) is 107 cm³/mol. The molecule has 2 heterocycles. The van der Waals surface area contributed by atoms with E-state index < -0.39 is 0 Å². The summed E-state index contributed by atoms with van der Waals surface area (Å²) in [4.78, 5) is 16.3. The van der Waals surface area contributed by atoms with Crippen molar-refractivity contribution in [3.63, 3.8) is 0 Å². The van der Waals surface area contributed by atoms with Crippen LogP contribution in [0.5, 0.6) is 0 Å². The van der Waals surface area contributed by atoms with E-state index in [1.807, 2.05) is 43.3 Å². The topological polar surface area (TPSA) is 69.1 Å². The molecule has 0 amide bonds. The molecule has 2 aromatic carbocycles. The first-order valence-electron chi connectivity index (χ1n) is 8.60. The van der Waals surface area contributed by atoms with Gasteiger partial charge in [0, 0.05) is 22.8 Å². The maximum Gasteiger partial charge on any atom is 0.336 e. The lowest BCUT2D eigenvalue weighted by Crippen LogP contribution is -2.01. The third-order valence-corrected chi connectivity index (χ3v) is 5.39. The highest BCUT2D eigenvalue weighted by molar-refractivity contribution is 7.97. The van der Waals surface area contributed by atoms with E-state index in [9.17, 15) is 4.79 Å². The number of hydrogen-bond acceptors (Lipinski definition) is 6. The number of hydrogen-bond donors (Lipinski definition) is 0. The number of aromatic nitrogens is 2. The zero-order chi connectivity index (χ0) is 18.8. The van der Waals surface area contributed by atoms with Gasteiger partial charge in [0.05, 0.1) is 5.75 Å². The third-order valence-electron chi connectivity index (χ3n) is 4.43. The number of rotatable bonds is 5. The minimum absolute atomic E-state index is 0.328. The van der Waals surface area contributed by atoms with Gasteiger partial charge in [-0.2, -0.15) is 4.98 Å². The number of fused-ring (bicyclic) bond motifs is 1. The highest BCUT2D eigenvalue weighted by Crippen LogP contribution is 2.26. The summed E-state index contributed by atoms with van der Waals surface area (Å²) in [5.41, 5.74) is 4.46. The number of benzene rings is 2. The van der Waals surface area contributed by atoms with Crippen molar-refractivity contribution < 1.29 is 8.94 Å². The molecule has 0 unspecified atom stereocenters. The smallest absolute Gasteiger partial charge is 0.336 e. The first kappa shape index (κ1) is 17.5. The number of nitrogens with zero attached hydrogens (tertiary/aromatic N) is 2. The van der Waals surface area contributed by atoms with Crippen molar-refractivity contribution in [2.24, 2.45) is 0 Å². The largest absolute Gasteiger partial charge is 0.423 e. The van der Waals surface area contributed by atoms with Crippen molar-refractivity contribution in [3.05, 3.63) is 81.5 Å². The maximum absolute atomic E-state index is 11.9. The molecule has 6 heteroatoms. The summed E-state index contributed by atoms with van der Waals surface area (Å²) in [6.07, 6.45) is 0. The summed E-state index contributed by atoms with van der Waals surface area (Å²) >= 11 is 1.62. The van der Waals surface area contributed by atoms with Gasteiger partial charge >= 0.3 is 5.63 Å². The molecule has 4 aromatic rings. The zero-order valence-corrected chi connectivity index (χ0v) is 15.9. The fourth-order valence-electron chi connectivity index (χ4n) is 2.87. The van der Waals surface area contributed by atoms with Crippen LogP contribution in [0.4, 0.5) is 0 Å². The molecular weight excluding hydrogens is 360 g/mol. The second-order valence-corrected chi connectivity index (χ2v) is 7.38. The Morgan fingerprint density at radius 3 is 2.59 bits per heavy atom. The van der Waals surface area contributed by atoms with E-state index in [0.717, 1.165) is 22.1 Å². The monoisotopic (exact) mass is 378 g/mol. The van der Waals surface area contributed by atoms with Crippen LogP contribution in [0.3, 0.4) is 0 Å². The van der Waals surface area contributed by atoms with E-state index in [2.05, 4.69) is 23.1 Å². The van der Waals surface area contributed by atoms with Crippen LogP contribution in [0.2, 0.25) is 0 Å². The average Bonchev–Trinajstić information content (AvgIpc) is 3.13. The Morgan fingerprint density at radius 1 is 1.00 bits per heavy atom. The Hall–Kier alpha value is -2.86. The van der Waals surface area contributed by atoms with Crippen molar-refractivity contribution in [1.29, 1.82) is 0 Å². The molecule has 0 aliphatic heterocycles. The SMILES string of the molecule is Cc1cc2oc(=O)cc(CSCc3nc(-c4ccccc4)no3)c2cc1C. The van der Waals surface area contributed by atoms with Crippen molar-refractivity contribution >= 4 is 22.7 Å². The van der Waals surface area contributed by atoms with E-state index in [4.69, 9.17) is 8.94 Å². The number of aryl methyl sites for hydroxylation is 2. The van der Waals surface area contributed by atoms with Crippen LogP contribution < -0.4 is 5.63 Å². The van der Waals surface area contributed by atoms with Gasteiger partial charge < -0.3 is 8.94 Å². The third kappa shape index (κ3) is 3.80. The average molecular weight is 378 g/mol. The Labute approximate surface area is 160 Å². The van der Waals surface area contributed by atoms with Crippen LogP contribution in [0.1, 0.15) is 22.6 Å². The van der Waals surface area contributed by atoms with Crippen LogP contribution in [-0.4, -0.2) is 10.1 Å². The quantitative estimate of drug-likeness (QED) is 0.460. The Bertz CT molecular complexity index is 1150. The van der Waals surface area contributed by atoms with Crippen molar-refractivity contribution in [3.8, 4) is 11.4 Å². The Morgan fingerprint density at radius 2 is 1.78 bits per heavy atom. The summed E-state index contributed by atoms with van der Waals surface area (Å²) in [7, 11) is 0. The zero-order valence-electron chi connectivity index (χ0n) is 15.1. The normalized spacial score (nSPS) is 11.2. The van der Waals surface area contributed by atoms with Crippen LogP contribution in [0, 0.1) is 13.8 Å². The van der Waals surface area contributed by atoms with Crippen molar-refractivity contribution in [1.82, 2.24) is 10.1 Å². The molecule has 0 bridgehead atoms. The molecule has 0 fully saturated rings. The van der Waals surface area contributed by atoms with E-state index >= 15 is 0 Å². The maximum atomic E-state index is 11.9. The van der Waals surface area contributed by atoms with E-state index in [0.29, 0.717) is 28.8 Å². The molecule has 0 aliphatic carbocycles. The highest BCUT2D eigenvalue weighted by Gasteiger charge is 2.11. The van der Waals surface area contributed by atoms with E-state index in [1.165, 1.54) is 5.56 Å². The summed E-state index contributed by atoms with van der Waals surface area (Å²) in [5.74, 6) is 2.39. The van der Waals surface area contributed by atoms with Gasteiger partial charge in [-0.25, -0.2) is 4.79 Å². The second kappa shape index (κ2) is 7.40. The molecular formula is C21H18N2O3S. The summed E-state index contributed by atoms with van der Waals surface area (Å²) in [6, 6.07) is 15.3. The molecule has 4 rings (SSSR count). The first-order valence-corrected chi connectivity index (χ1v) is 9.75. The van der Waals surface area contributed by atoms with Gasteiger partial charge in [0.1, 0.15) is 5.58 Å². The first-order chi connectivity index (χ1) is 13.1. The minimum atomic E-state index is -0.328. The Kier molecular flexibility index (Phi) is 4.81. The second-order valence-electron chi connectivity index (χ2n) is 6.39. The molecule has 27 heavy (non-hydrogen) atoms. The lowest BCUT2D eigenvalue weighted by Gasteiger charge is -2.07. The van der Waals surface area contributed by atoms with Gasteiger partial charge in [-0.05, 0) is 42.7 Å². The molecule has 0 aliphatic rings. The van der Waals surface area contributed by atoms with Crippen LogP contribution in [0.25, 0.3) is 22.4 Å². The molecule has 0 atom stereocenters. The predicted octanol–water partition coefficient (Wildman–Crippen LogP) is 4.89. The van der Waals surface area contributed by atoms with Gasteiger partial charge in [0.25, 0.3) is 0 Å². The standard InChI is InChI=1S/C21H18N2O3S/c1-13-8-17-16(10-20(24)25-18(17)9-14(13)2)11-27-12-19-22-21(23-26-19)15-6-4-3-5-7-15/h3-10H,11-12H2,1-2H3. The summed E-state index contributed by atoms with van der Waals surface area (Å²) in [6.45, 7) is 4.07. The molecule has 0 spiro atoms.